The Labute approximate surface area is 153 Å². The van der Waals surface area contributed by atoms with Gasteiger partial charge in [-0.05, 0) is 54.8 Å². The average Bonchev–Trinajstić information content (AvgIpc) is 3.01. The number of carbonyl (C=O) groups excluding carboxylic acids is 3. The number of carbonyl (C=O) groups is 3. The van der Waals surface area contributed by atoms with E-state index >= 15 is 0 Å². The van der Waals surface area contributed by atoms with Crippen molar-refractivity contribution in [1.82, 2.24) is 10.2 Å². The molecule has 1 atom stereocenters. The van der Waals surface area contributed by atoms with Crippen LogP contribution in [-0.4, -0.2) is 48.4 Å². The molecule has 0 bridgehead atoms. The Bertz CT molecular complexity index is 611. The first-order chi connectivity index (χ1) is 11.4. The number of likely N-dealkylation sites (tertiary alicyclic amines) is 1. The molecule has 1 saturated heterocycles. The van der Waals surface area contributed by atoms with E-state index in [4.69, 9.17) is 4.74 Å². The number of nitrogens with zero attached hydrogens (tertiary/aromatic N) is 1. The van der Waals surface area contributed by atoms with E-state index in [-0.39, 0.29) is 23.7 Å². The number of rotatable bonds is 5. The Morgan fingerprint density at radius 3 is 2.58 bits per heavy atom. The summed E-state index contributed by atoms with van der Waals surface area (Å²) in [7, 11) is 0. The molecule has 132 valence electrons. The maximum Gasteiger partial charge on any atom is 0.309 e. The van der Waals surface area contributed by atoms with E-state index in [1.165, 1.54) is 11.3 Å². The first-order valence-corrected chi connectivity index (χ1v) is 9.55. The molecule has 2 amide bonds. The maximum atomic E-state index is 12.5. The monoisotopic (exact) mass is 416 g/mol. The van der Waals surface area contributed by atoms with E-state index in [2.05, 4.69) is 21.2 Å². The summed E-state index contributed by atoms with van der Waals surface area (Å²) in [5.74, 6) is -0.703. The summed E-state index contributed by atoms with van der Waals surface area (Å²) in [5, 5.41) is 2.73. The third-order valence-electron chi connectivity index (χ3n) is 3.94. The highest BCUT2D eigenvalue weighted by Gasteiger charge is 2.30. The van der Waals surface area contributed by atoms with Gasteiger partial charge in [-0.25, -0.2) is 0 Å². The van der Waals surface area contributed by atoms with Crippen molar-refractivity contribution in [3.05, 3.63) is 20.8 Å². The number of piperidine rings is 1. The molecule has 1 aromatic heterocycles. The lowest BCUT2D eigenvalue weighted by Crippen LogP contribution is -2.49. The number of esters is 1. The van der Waals surface area contributed by atoms with E-state index < -0.39 is 6.04 Å². The summed E-state index contributed by atoms with van der Waals surface area (Å²) >= 11 is 4.63. The van der Waals surface area contributed by atoms with Crippen LogP contribution in [0, 0.1) is 5.92 Å². The van der Waals surface area contributed by atoms with Crippen LogP contribution in [0.1, 0.15) is 36.4 Å². The predicted octanol–water partition coefficient (Wildman–Crippen LogP) is 2.43. The average molecular weight is 417 g/mol. The van der Waals surface area contributed by atoms with Gasteiger partial charge in [-0.2, -0.15) is 0 Å². The zero-order valence-electron chi connectivity index (χ0n) is 13.7. The lowest BCUT2D eigenvalue weighted by molar-refractivity contribution is -0.151. The molecule has 0 unspecified atom stereocenters. The van der Waals surface area contributed by atoms with Gasteiger partial charge in [0.2, 0.25) is 5.91 Å². The molecular weight excluding hydrogens is 396 g/mol. The lowest BCUT2D eigenvalue weighted by Gasteiger charge is -2.32. The van der Waals surface area contributed by atoms with Crippen LogP contribution in [0.4, 0.5) is 0 Å². The summed E-state index contributed by atoms with van der Waals surface area (Å²) < 4.78 is 5.89. The molecule has 1 aliphatic rings. The largest absolute Gasteiger partial charge is 0.466 e. The van der Waals surface area contributed by atoms with Gasteiger partial charge in [0.15, 0.2) is 0 Å². The van der Waals surface area contributed by atoms with Crippen LogP contribution < -0.4 is 5.32 Å². The summed E-state index contributed by atoms with van der Waals surface area (Å²) in [4.78, 5) is 38.6. The number of hydrogen-bond acceptors (Lipinski definition) is 5. The molecule has 2 heterocycles. The Morgan fingerprint density at radius 1 is 1.38 bits per heavy atom. The Hall–Kier alpha value is -1.41. The zero-order chi connectivity index (χ0) is 17.7. The third kappa shape index (κ3) is 4.80. The highest BCUT2D eigenvalue weighted by molar-refractivity contribution is 9.11. The minimum atomic E-state index is -0.600. The Kier molecular flexibility index (Phi) is 6.79. The van der Waals surface area contributed by atoms with Crippen molar-refractivity contribution in [2.75, 3.05) is 19.7 Å². The Morgan fingerprint density at radius 2 is 2.04 bits per heavy atom. The standard InChI is InChI=1S/C16H21BrN2O4S/c1-3-23-16(22)11-6-8-19(9-7-11)15(21)10(2)18-14(20)12-4-5-13(17)24-12/h4-5,10-11H,3,6-9H2,1-2H3,(H,18,20)/t10-/m1/s1. The first-order valence-electron chi connectivity index (χ1n) is 7.94. The number of nitrogens with one attached hydrogen (secondary N) is 1. The van der Waals surface area contributed by atoms with Gasteiger partial charge in [0.25, 0.3) is 5.91 Å². The van der Waals surface area contributed by atoms with Crippen LogP contribution in [-0.2, 0) is 14.3 Å². The maximum absolute atomic E-state index is 12.5. The van der Waals surface area contributed by atoms with Gasteiger partial charge >= 0.3 is 5.97 Å². The molecule has 0 saturated carbocycles. The Balaban J connectivity index is 1.83. The zero-order valence-corrected chi connectivity index (χ0v) is 16.1. The smallest absolute Gasteiger partial charge is 0.309 e. The van der Waals surface area contributed by atoms with Crippen LogP contribution in [0.2, 0.25) is 0 Å². The van der Waals surface area contributed by atoms with Gasteiger partial charge in [-0.1, -0.05) is 0 Å². The van der Waals surface area contributed by atoms with E-state index in [0.717, 1.165) is 3.79 Å². The van der Waals surface area contributed by atoms with E-state index in [1.54, 1.807) is 30.9 Å². The predicted molar refractivity (Wildman–Crippen MR) is 94.9 cm³/mol. The summed E-state index contributed by atoms with van der Waals surface area (Å²) in [5.41, 5.74) is 0. The number of amides is 2. The normalized spacial score (nSPS) is 16.5. The molecule has 24 heavy (non-hydrogen) atoms. The summed E-state index contributed by atoms with van der Waals surface area (Å²) in [6.07, 6.45) is 1.20. The summed E-state index contributed by atoms with van der Waals surface area (Å²) in [6, 6.07) is 2.91. The molecule has 0 spiro atoms. The van der Waals surface area contributed by atoms with Crippen LogP contribution in [0.3, 0.4) is 0 Å². The molecule has 6 nitrogen and oxygen atoms in total. The topological polar surface area (TPSA) is 75.7 Å². The first kappa shape index (κ1) is 18.9. The second kappa shape index (κ2) is 8.62. The molecular formula is C16H21BrN2O4S. The van der Waals surface area contributed by atoms with E-state index in [0.29, 0.717) is 37.4 Å². The van der Waals surface area contributed by atoms with Crippen molar-refractivity contribution < 1.29 is 19.1 Å². The quantitative estimate of drug-likeness (QED) is 0.747. The van der Waals surface area contributed by atoms with Crippen LogP contribution in [0.5, 0.6) is 0 Å². The van der Waals surface area contributed by atoms with Gasteiger partial charge in [0, 0.05) is 13.1 Å². The molecule has 1 fully saturated rings. The number of thiophene rings is 1. The highest BCUT2D eigenvalue weighted by Crippen LogP contribution is 2.22. The SMILES string of the molecule is CCOC(=O)C1CCN(C(=O)[C@@H](C)NC(=O)c2ccc(Br)s2)CC1. The van der Waals surface area contributed by atoms with Crippen molar-refractivity contribution in [2.45, 2.75) is 32.7 Å². The molecule has 0 radical (unpaired) electrons. The number of ether oxygens (including phenoxy) is 1. The molecule has 1 aromatic rings. The molecule has 8 heteroatoms. The van der Waals surface area contributed by atoms with Crippen LogP contribution in [0.25, 0.3) is 0 Å². The minimum absolute atomic E-state index is 0.124. The number of halogens is 1. The van der Waals surface area contributed by atoms with Gasteiger partial charge in [-0.3, -0.25) is 14.4 Å². The summed E-state index contributed by atoms with van der Waals surface area (Å²) in [6.45, 7) is 4.85. The fraction of sp³-hybridized carbons (Fsp3) is 0.562. The third-order valence-corrected chi connectivity index (χ3v) is 5.56. The molecule has 0 aliphatic carbocycles. The van der Waals surface area contributed by atoms with Crippen molar-refractivity contribution >= 4 is 45.1 Å². The molecule has 1 N–H and O–H groups in total. The van der Waals surface area contributed by atoms with E-state index in [1.807, 2.05) is 0 Å². The fourth-order valence-corrected chi connectivity index (χ4v) is 3.92. The lowest BCUT2D eigenvalue weighted by atomic mass is 9.96. The van der Waals surface area contributed by atoms with Crippen LogP contribution >= 0.6 is 27.3 Å². The van der Waals surface area contributed by atoms with Crippen molar-refractivity contribution in [3.8, 4) is 0 Å². The van der Waals surface area contributed by atoms with Gasteiger partial charge in [0.1, 0.15) is 6.04 Å². The molecule has 1 aliphatic heterocycles. The second-order valence-corrected chi connectivity index (χ2v) is 8.11. The van der Waals surface area contributed by atoms with Gasteiger partial charge in [-0.15, -0.1) is 11.3 Å². The fourth-order valence-electron chi connectivity index (χ4n) is 2.64. The van der Waals surface area contributed by atoms with Crippen molar-refractivity contribution in [3.63, 3.8) is 0 Å². The highest BCUT2D eigenvalue weighted by atomic mass is 79.9. The van der Waals surface area contributed by atoms with Gasteiger partial charge in [0.05, 0.1) is 21.2 Å². The van der Waals surface area contributed by atoms with Crippen molar-refractivity contribution in [2.24, 2.45) is 5.92 Å². The van der Waals surface area contributed by atoms with Crippen LogP contribution in [0.15, 0.2) is 15.9 Å². The molecule has 2 rings (SSSR count). The van der Waals surface area contributed by atoms with Crippen molar-refractivity contribution in [1.29, 1.82) is 0 Å². The van der Waals surface area contributed by atoms with Gasteiger partial charge < -0.3 is 15.0 Å². The second-order valence-electron chi connectivity index (χ2n) is 5.65. The molecule has 0 aromatic carbocycles. The van der Waals surface area contributed by atoms with E-state index in [9.17, 15) is 14.4 Å². The number of hydrogen-bond donors (Lipinski definition) is 1. The minimum Gasteiger partial charge on any atom is -0.466 e.